The fourth-order valence-corrected chi connectivity index (χ4v) is 9.90. The third-order valence-corrected chi connectivity index (χ3v) is 15.1. The number of carbonyl (C=O) groups is 2. The van der Waals surface area contributed by atoms with E-state index in [4.69, 9.17) is 9.97 Å². The molecule has 6 aromatic heterocycles. The van der Waals surface area contributed by atoms with Gasteiger partial charge in [-0.3, -0.25) is 28.0 Å². The van der Waals surface area contributed by atoms with Crippen molar-refractivity contribution in [2.24, 2.45) is 14.1 Å². The molecule has 464 valence electrons. The van der Waals surface area contributed by atoms with E-state index in [1.54, 1.807) is 55.9 Å². The van der Waals surface area contributed by atoms with Gasteiger partial charge in [0.1, 0.15) is 11.4 Å². The fraction of sp³-hybridized carbons (Fsp3) is 0.439. The summed E-state index contributed by atoms with van der Waals surface area (Å²) in [7, 11) is -2.42. The Morgan fingerprint density at radius 3 is 1.60 bits per heavy atom. The Morgan fingerprint density at radius 1 is 0.678 bits per heavy atom. The van der Waals surface area contributed by atoms with Crippen molar-refractivity contribution in [2.75, 3.05) is 36.9 Å². The summed E-state index contributed by atoms with van der Waals surface area (Å²) in [6, 6.07) is 16.7. The molecule has 0 saturated carbocycles. The van der Waals surface area contributed by atoms with Gasteiger partial charge in [-0.2, -0.15) is 45.0 Å². The highest BCUT2D eigenvalue weighted by atomic mass is 32.2. The van der Waals surface area contributed by atoms with Crippen LogP contribution in [0.4, 0.5) is 49.6 Å². The van der Waals surface area contributed by atoms with Crippen molar-refractivity contribution in [3.8, 4) is 22.5 Å². The number of rotatable bonds is 15. The van der Waals surface area contributed by atoms with Crippen molar-refractivity contribution >= 4 is 45.0 Å². The first-order valence-electron chi connectivity index (χ1n) is 27.7. The van der Waals surface area contributed by atoms with Crippen molar-refractivity contribution in [2.45, 2.75) is 122 Å². The summed E-state index contributed by atoms with van der Waals surface area (Å²) in [5.74, 6) is 1.33. The second kappa shape index (κ2) is 26.7. The Labute approximate surface area is 498 Å². The van der Waals surface area contributed by atoms with Crippen LogP contribution >= 0.6 is 0 Å². The highest BCUT2D eigenvalue weighted by Crippen LogP contribution is 2.36. The van der Waals surface area contributed by atoms with E-state index in [1.807, 2.05) is 80.2 Å². The van der Waals surface area contributed by atoms with E-state index in [0.29, 0.717) is 36.1 Å². The molecule has 2 aromatic carbocycles. The molecule has 3 N–H and O–H groups in total. The smallest absolute Gasteiger partial charge is 0.321 e. The van der Waals surface area contributed by atoms with Crippen LogP contribution in [-0.2, 0) is 52.6 Å². The molecule has 0 aliphatic carbocycles. The van der Waals surface area contributed by atoms with Gasteiger partial charge in [0.15, 0.2) is 18.2 Å². The molecule has 0 spiro atoms. The summed E-state index contributed by atoms with van der Waals surface area (Å²) in [6.45, 7) is 16.3. The number of carbonyl (C=O) groups excluding carboxylic acids is 2. The molecule has 2 atom stereocenters. The SMILES string of the molecule is CCN1CC[C@@H](CC(=O)c2cn(C(C)(C)C)nn2)c2ccc(-c3ccnc(Nc4cnn(C)c4)n3)cc2C1.Cn1cc(Nc2nccc(-c3ccc4c(c3)CNCC[C@H]4CC(=O)c3cn(C(C)(C)C)nn3)n2)cn1.O=S(=O)(OCC(F)(F)F)C(F)(F)F. The van der Waals surface area contributed by atoms with E-state index in [0.717, 1.165) is 79.5 Å². The van der Waals surface area contributed by atoms with Crippen LogP contribution in [0.2, 0.25) is 0 Å². The van der Waals surface area contributed by atoms with Crippen LogP contribution in [0, 0.1) is 0 Å². The van der Waals surface area contributed by atoms with Gasteiger partial charge < -0.3 is 16.0 Å². The standard InChI is InChI=1S/C28H35N9O.C26H31N9O.C3H2F6O3S/c1-6-36-12-10-19(14-26(38)25-18-37(34-33-25)28(2,3)4)23-8-7-20(13-21(23)16-36)24-9-11-29-27(32-24)31-22-15-30-35(5)17-22;1-26(2,3)35-16-23(32-33-35)24(36)12-17-7-9-27-13-19-11-18(5-6-21(17)19)22-8-10-28-25(31-22)30-20-14-29-34(4)15-20;4-2(5,6)1-12-13(10,11)3(7,8)9/h7-9,11,13,15,17-19H,6,10,12,14,16H2,1-5H3,(H,29,31,32);5-6,8,10-11,14-17,27H,7,9,12-13H2,1-4H3,(H,28,30,31);1H2/t19-;17-;/m00./s1. The summed E-state index contributed by atoms with van der Waals surface area (Å²) in [6.07, 6.45) is 11.8. The van der Waals surface area contributed by atoms with Crippen molar-refractivity contribution in [3.05, 3.63) is 132 Å². The minimum Gasteiger partial charge on any atom is -0.321 e. The zero-order valence-electron chi connectivity index (χ0n) is 49.4. The Morgan fingerprint density at radius 2 is 1.16 bits per heavy atom. The summed E-state index contributed by atoms with van der Waals surface area (Å²) in [4.78, 5) is 46.9. The van der Waals surface area contributed by atoms with Crippen molar-refractivity contribution < 1.29 is 48.5 Å². The lowest BCUT2D eigenvalue weighted by Gasteiger charge is -2.18. The lowest BCUT2D eigenvalue weighted by molar-refractivity contribution is -0.156. The van der Waals surface area contributed by atoms with Crippen LogP contribution in [0.25, 0.3) is 22.5 Å². The topological polar surface area (TPSA) is 265 Å². The molecule has 0 fully saturated rings. The molecule has 10 rings (SSSR count). The number of Topliss-reactive ketones (excluding diaryl/α,β-unsaturated/α-hetero) is 2. The number of halogens is 6. The van der Waals surface area contributed by atoms with E-state index in [9.17, 15) is 44.3 Å². The summed E-state index contributed by atoms with van der Waals surface area (Å²) >= 11 is 0. The average molecular weight is 1230 g/mol. The van der Waals surface area contributed by atoms with Crippen LogP contribution in [0.5, 0.6) is 0 Å². The van der Waals surface area contributed by atoms with Crippen molar-refractivity contribution in [1.29, 1.82) is 0 Å². The number of fused-ring (bicyclic) bond motifs is 2. The molecule has 8 aromatic rings. The largest absolute Gasteiger partial charge is 0.523 e. The molecule has 30 heteroatoms. The van der Waals surface area contributed by atoms with Crippen LogP contribution in [0.3, 0.4) is 0 Å². The number of benzene rings is 2. The number of ketones is 2. The molecule has 2 aliphatic heterocycles. The zero-order chi connectivity index (χ0) is 63.1. The van der Waals surface area contributed by atoms with E-state index < -0.39 is 28.4 Å². The Bertz CT molecular complexity index is 3790. The van der Waals surface area contributed by atoms with Gasteiger partial charge in [-0.05, 0) is 132 Å². The molecule has 0 unspecified atom stereocenters. The van der Waals surface area contributed by atoms with Crippen LogP contribution in [0.15, 0.2) is 98.1 Å². The first-order valence-corrected chi connectivity index (χ1v) is 29.1. The molecule has 87 heavy (non-hydrogen) atoms. The van der Waals surface area contributed by atoms with Crippen molar-refractivity contribution in [1.82, 2.24) is 79.7 Å². The highest BCUT2D eigenvalue weighted by Gasteiger charge is 2.49. The molecule has 8 heterocycles. The quantitative estimate of drug-likeness (QED) is 0.0373. The van der Waals surface area contributed by atoms with E-state index in [1.165, 1.54) is 22.3 Å². The van der Waals surface area contributed by atoms with Crippen LogP contribution in [-0.4, -0.2) is 132 Å². The fourth-order valence-electron chi connectivity index (χ4n) is 9.48. The number of aromatic nitrogens is 14. The first kappa shape index (κ1) is 64.6. The van der Waals surface area contributed by atoms with Gasteiger partial charge in [-0.1, -0.05) is 41.6 Å². The number of anilines is 4. The second-order valence-corrected chi connectivity index (χ2v) is 24.5. The van der Waals surface area contributed by atoms with Crippen molar-refractivity contribution in [3.63, 3.8) is 0 Å². The van der Waals surface area contributed by atoms with E-state index in [2.05, 4.69) is 109 Å². The lowest BCUT2D eigenvalue weighted by Crippen LogP contribution is -2.29. The predicted octanol–water partition coefficient (Wildman–Crippen LogP) is 9.78. The Balaban J connectivity index is 0.000000188. The van der Waals surface area contributed by atoms with Crippen LogP contribution in [0.1, 0.15) is 129 Å². The van der Waals surface area contributed by atoms with Gasteiger partial charge in [-0.25, -0.2) is 29.3 Å². The molecule has 0 bridgehead atoms. The third kappa shape index (κ3) is 17.4. The monoisotopic (exact) mass is 1230 g/mol. The number of aryl methyl sites for hydroxylation is 2. The van der Waals surface area contributed by atoms with Gasteiger partial charge in [0.05, 0.1) is 58.6 Å². The normalized spacial score (nSPS) is 15.8. The van der Waals surface area contributed by atoms with Gasteiger partial charge in [0.2, 0.25) is 11.9 Å². The predicted molar refractivity (Wildman–Crippen MR) is 310 cm³/mol. The molecule has 0 amide bonds. The van der Waals surface area contributed by atoms with Gasteiger partial charge >= 0.3 is 21.8 Å². The molecule has 0 radical (unpaired) electrons. The third-order valence-electron chi connectivity index (χ3n) is 14.1. The summed E-state index contributed by atoms with van der Waals surface area (Å²) < 4.78 is 97.0. The van der Waals surface area contributed by atoms with Crippen LogP contribution < -0.4 is 16.0 Å². The van der Waals surface area contributed by atoms with Gasteiger partial charge in [-0.15, -0.1) is 10.2 Å². The summed E-state index contributed by atoms with van der Waals surface area (Å²) in [5.41, 5.74) is 4.80. The molecule has 2 aliphatic rings. The molecule has 0 saturated heterocycles. The number of hydrogen-bond acceptors (Lipinski definition) is 19. The minimum absolute atomic E-state index is 0.0225. The zero-order valence-corrected chi connectivity index (χ0v) is 50.2. The van der Waals surface area contributed by atoms with E-state index in [-0.39, 0.29) is 34.5 Å². The maximum absolute atomic E-state index is 13.2. The minimum atomic E-state index is -6.15. The maximum Gasteiger partial charge on any atom is 0.523 e. The number of hydrogen-bond donors (Lipinski definition) is 3. The second-order valence-electron chi connectivity index (χ2n) is 22.9. The lowest BCUT2D eigenvalue weighted by atomic mass is 9.87. The maximum atomic E-state index is 13.2. The van der Waals surface area contributed by atoms with Gasteiger partial charge in [0.25, 0.3) is 0 Å². The molecule has 23 nitrogen and oxygen atoms in total. The molecular formula is C57H68F6N18O5S. The van der Waals surface area contributed by atoms with E-state index >= 15 is 0 Å². The number of nitrogens with zero attached hydrogens (tertiary/aromatic N) is 15. The summed E-state index contributed by atoms with van der Waals surface area (Å²) in [5, 5.41) is 34.9. The first-order chi connectivity index (χ1) is 40.9. The van der Waals surface area contributed by atoms with Gasteiger partial charge in [0, 0.05) is 75.9 Å². The Kier molecular flexibility index (Phi) is 19.9. The molecular weight excluding hydrogens is 1160 g/mol. The Hall–Kier alpha value is -8.35. The number of nitrogens with one attached hydrogen (secondary N) is 3. The average Bonchev–Trinajstić information content (AvgIpc) is 4.42. The highest BCUT2D eigenvalue weighted by molar-refractivity contribution is 7.87. The number of alkyl halides is 6.